The molecule has 3 amide bonds. The van der Waals surface area contributed by atoms with Crippen molar-refractivity contribution < 1.29 is 19.1 Å². The molecular formula is C30H35N7O4. The van der Waals surface area contributed by atoms with E-state index < -0.39 is 6.09 Å². The van der Waals surface area contributed by atoms with Gasteiger partial charge in [0.2, 0.25) is 17.8 Å². The first-order chi connectivity index (χ1) is 19.8. The molecule has 3 N–H and O–H groups in total. The molecule has 4 rings (SSSR count). The second-order valence-corrected chi connectivity index (χ2v) is 10.0. The summed E-state index contributed by atoms with van der Waals surface area (Å²) < 4.78 is 5.24. The standard InChI is InChI=1S/C30H35N7O4/c1-20(2)25-19-41-30(40)37(25)26-14-17-33-29(36-26)34-21(3)23-9-11-24(12-10-23)35-28(39)7-5-16-32-27(38)13-8-22-6-4-15-31-18-22/h4,6,8-15,17-18,20-21,25H,5,7,16,19H2,1-3H3,(H,32,38)(H,35,39)(H,33,34,36)/b13-8+/t21-,25+/m0/s1. The summed E-state index contributed by atoms with van der Waals surface area (Å²) in [5, 5.41) is 8.93. The zero-order chi connectivity index (χ0) is 29.2. The minimum absolute atomic E-state index is 0.0794. The van der Waals surface area contributed by atoms with Gasteiger partial charge in [0.25, 0.3) is 0 Å². The molecule has 214 valence electrons. The third-order valence-corrected chi connectivity index (χ3v) is 6.59. The highest BCUT2D eigenvalue weighted by atomic mass is 16.6. The predicted molar refractivity (Wildman–Crippen MR) is 157 cm³/mol. The van der Waals surface area contributed by atoms with E-state index in [9.17, 15) is 14.4 Å². The van der Waals surface area contributed by atoms with E-state index in [-0.39, 0.29) is 36.2 Å². The molecule has 1 aliphatic rings. The van der Waals surface area contributed by atoms with Crippen molar-refractivity contribution in [2.45, 2.75) is 45.7 Å². The Balaban J connectivity index is 1.22. The molecule has 0 radical (unpaired) electrons. The van der Waals surface area contributed by atoms with Crippen LogP contribution in [0.5, 0.6) is 0 Å². The van der Waals surface area contributed by atoms with E-state index in [0.29, 0.717) is 37.0 Å². The van der Waals surface area contributed by atoms with Gasteiger partial charge >= 0.3 is 6.09 Å². The molecule has 0 unspecified atom stereocenters. The van der Waals surface area contributed by atoms with Gasteiger partial charge < -0.3 is 20.7 Å². The maximum Gasteiger partial charge on any atom is 0.415 e. The van der Waals surface area contributed by atoms with Gasteiger partial charge in [-0.25, -0.2) is 9.78 Å². The van der Waals surface area contributed by atoms with Gasteiger partial charge in [-0.2, -0.15) is 4.98 Å². The smallest absolute Gasteiger partial charge is 0.415 e. The van der Waals surface area contributed by atoms with Crippen LogP contribution in [0, 0.1) is 5.92 Å². The second kappa shape index (κ2) is 14.0. The fourth-order valence-electron chi connectivity index (χ4n) is 4.26. The fraction of sp³-hybridized carbons (Fsp3) is 0.333. The average Bonchev–Trinajstić information content (AvgIpc) is 3.37. The summed E-state index contributed by atoms with van der Waals surface area (Å²) in [4.78, 5) is 51.0. The second-order valence-electron chi connectivity index (χ2n) is 10.0. The number of anilines is 3. The number of pyridine rings is 1. The van der Waals surface area contributed by atoms with Crippen LogP contribution in [0.25, 0.3) is 6.08 Å². The van der Waals surface area contributed by atoms with E-state index in [4.69, 9.17) is 4.74 Å². The molecule has 3 heterocycles. The molecule has 1 aliphatic heterocycles. The minimum Gasteiger partial charge on any atom is -0.447 e. The van der Waals surface area contributed by atoms with Crippen LogP contribution in [0.15, 0.2) is 67.1 Å². The van der Waals surface area contributed by atoms with Crippen LogP contribution in [-0.2, 0) is 14.3 Å². The Kier molecular flexibility index (Phi) is 9.98. The lowest BCUT2D eigenvalue weighted by atomic mass is 10.0. The van der Waals surface area contributed by atoms with Crippen molar-refractivity contribution in [1.82, 2.24) is 20.3 Å². The van der Waals surface area contributed by atoms with Crippen molar-refractivity contribution in [3.05, 3.63) is 78.3 Å². The highest BCUT2D eigenvalue weighted by Crippen LogP contribution is 2.27. The summed E-state index contributed by atoms with van der Waals surface area (Å²) >= 11 is 0. The number of nitrogens with one attached hydrogen (secondary N) is 3. The van der Waals surface area contributed by atoms with E-state index in [0.717, 1.165) is 11.1 Å². The molecule has 11 nitrogen and oxygen atoms in total. The third kappa shape index (κ3) is 8.34. The number of benzene rings is 1. The van der Waals surface area contributed by atoms with Gasteiger partial charge in [0.1, 0.15) is 12.4 Å². The minimum atomic E-state index is -0.405. The topological polar surface area (TPSA) is 138 Å². The van der Waals surface area contributed by atoms with E-state index in [2.05, 4.69) is 30.9 Å². The molecule has 11 heteroatoms. The summed E-state index contributed by atoms with van der Waals surface area (Å²) in [5.74, 6) is 0.763. The van der Waals surface area contributed by atoms with Crippen LogP contribution in [0.4, 0.5) is 22.2 Å². The molecule has 0 saturated carbocycles. The molecule has 0 aliphatic carbocycles. The zero-order valence-electron chi connectivity index (χ0n) is 23.4. The lowest BCUT2D eigenvalue weighted by molar-refractivity contribution is -0.118. The lowest BCUT2D eigenvalue weighted by Gasteiger charge is -2.23. The number of cyclic esters (lactones) is 1. The van der Waals surface area contributed by atoms with E-state index in [1.165, 1.54) is 6.08 Å². The largest absolute Gasteiger partial charge is 0.447 e. The summed E-state index contributed by atoms with van der Waals surface area (Å²) in [7, 11) is 0. The van der Waals surface area contributed by atoms with Crippen LogP contribution in [-0.4, -0.2) is 52.1 Å². The molecule has 1 aromatic carbocycles. The van der Waals surface area contributed by atoms with Crippen molar-refractivity contribution in [2.75, 3.05) is 28.7 Å². The Hall–Kier alpha value is -4.80. The third-order valence-electron chi connectivity index (χ3n) is 6.59. The Labute approximate surface area is 239 Å². The Morgan fingerprint density at radius 3 is 2.66 bits per heavy atom. The van der Waals surface area contributed by atoms with Crippen molar-refractivity contribution >= 4 is 41.4 Å². The number of ether oxygens (including phenoxy) is 1. The number of carbonyl (C=O) groups is 3. The van der Waals surface area contributed by atoms with Crippen LogP contribution in [0.3, 0.4) is 0 Å². The van der Waals surface area contributed by atoms with Crippen LogP contribution < -0.4 is 20.9 Å². The van der Waals surface area contributed by atoms with Gasteiger partial charge in [0.05, 0.1) is 12.1 Å². The molecule has 1 fully saturated rings. The molecular weight excluding hydrogens is 522 g/mol. The number of hydrogen-bond donors (Lipinski definition) is 3. The number of amides is 3. The van der Waals surface area contributed by atoms with Gasteiger partial charge in [0, 0.05) is 43.3 Å². The Morgan fingerprint density at radius 2 is 1.93 bits per heavy atom. The van der Waals surface area contributed by atoms with Gasteiger partial charge in [-0.15, -0.1) is 0 Å². The molecule has 1 saturated heterocycles. The Morgan fingerprint density at radius 1 is 1.12 bits per heavy atom. The maximum atomic E-state index is 12.3. The monoisotopic (exact) mass is 557 g/mol. The number of hydrogen-bond acceptors (Lipinski definition) is 8. The first-order valence-electron chi connectivity index (χ1n) is 13.6. The Bertz CT molecular complexity index is 1360. The number of rotatable bonds is 12. The summed E-state index contributed by atoms with van der Waals surface area (Å²) in [6, 6.07) is 12.6. The SMILES string of the molecule is CC(C)[C@H]1COC(=O)N1c1ccnc(N[C@@H](C)c2ccc(NC(=O)CCCNC(=O)/C=C/c3cccnc3)cc2)n1. The highest BCUT2D eigenvalue weighted by molar-refractivity contribution is 5.92. The number of aromatic nitrogens is 3. The highest BCUT2D eigenvalue weighted by Gasteiger charge is 2.37. The van der Waals surface area contributed by atoms with Crippen LogP contribution >= 0.6 is 0 Å². The van der Waals surface area contributed by atoms with Gasteiger partial charge in [0.15, 0.2) is 0 Å². The zero-order valence-corrected chi connectivity index (χ0v) is 23.4. The summed E-state index contributed by atoms with van der Waals surface area (Å²) in [6.45, 7) is 6.79. The van der Waals surface area contributed by atoms with Gasteiger partial charge in [-0.3, -0.25) is 19.5 Å². The van der Waals surface area contributed by atoms with Crippen molar-refractivity contribution in [3.63, 3.8) is 0 Å². The summed E-state index contributed by atoms with van der Waals surface area (Å²) in [6.07, 6.45) is 8.48. The number of nitrogens with zero attached hydrogens (tertiary/aromatic N) is 4. The molecule has 2 atom stereocenters. The molecule has 0 bridgehead atoms. The first kappa shape index (κ1) is 29.2. The van der Waals surface area contributed by atoms with E-state index in [1.54, 1.807) is 41.7 Å². The van der Waals surface area contributed by atoms with Crippen molar-refractivity contribution in [3.8, 4) is 0 Å². The van der Waals surface area contributed by atoms with Gasteiger partial charge in [-0.05, 0) is 60.7 Å². The van der Waals surface area contributed by atoms with Gasteiger partial charge in [-0.1, -0.05) is 32.0 Å². The molecule has 0 spiro atoms. The normalized spacial score (nSPS) is 15.6. The quantitative estimate of drug-likeness (QED) is 0.217. The van der Waals surface area contributed by atoms with E-state index in [1.807, 2.05) is 51.1 Å². The lowest BCUT2D eigenvalue weighted by Crippen LogP contribution is -2.37. The van der Waals surface area contributed by atoms with Crippen LogP contribution in [0.2, 0.25) is 0 Å². The van der Waals surface area contributed by atoms with E-state index >= 15 is 0 Å². The summed E-state index contributed by atoms with van der Waals surface area (Å²) in [5.41, 5.74) is 2.49. The molecule has 3 aromatic rings. The van der Waals surface area contributed by atoms with Crippen molar-refractivity contribution in [2.24, 2.45) is 5.92 Å². The molecule has 2 aromatic heterocycles. The predicted octanol–water partition coefficient (Wildman–Crippen LogP) is 4.57. The molecule has 41 heavy (non-hydrogen) atoms. The first-order valence-corrected chi connectivity index (χ1v) is 13.6. The fourth-order valence-corrected chi connectivity index (χ4v) is 4.26. The van der Waals surface area contributed by atoms with Crippen LogP contribution in [0.1, 0.15) is 50.8 Å². The maximum absolute atomic E-state index is 12.3. The van der Waals surface area contributed by atoms with Crippen molar-refractivity contribution in [1.29, 1.82) is 0 Å². The number of carbonyl (C=O) groups excluding carboxylic acids is 3. The average molecular weight is 558 g/mol.